The minimum Gasteiger partial charge on any atom is -0.467 e. The SMILES string of the molecule is COC(=O)[C@H](C)N1C(=O)CC[C@H]1C(=O)NC(C)(C)C. The first-order valence-corrected chi connectivity index (χ1v) is 6.38. The molecule has 0 aromatic rings. The van der Waals surface area contributed by atoms with Crippen LogP contribution in [-0.2, 0) is 19.1 Å². The Hall–Kier alpha value is -1.59. The monoisotopic (exact) mass is 270 g/mol. The Morgan fingerprint density at radius 3 is 2.47 bits per heavy atom. The molecule has 19 heavy (non-hydrogen) atoms. The van der Waals surface area contributed by atoms with E-state index in [1.54, 1.807) is 6.92 Å². The van der Waals surface area contributed by atoms with Crippen LogP contribution in [0.5, 0.6) is 0 Å². The Morgan fingerprint density at radius 2 is 2.00 bits per heavy atom. The molecule has 1 heterocycles. The van der Waals surface area contributed by atoms with E-state index in [2.05, 4.69) is 10.1 Å². The van der Waals surface area contributed by atoms with E-state index in [0.717, 1.165) is 0 Å². The average Bonchev–Trinajstić information content (AvgIpc) is 2.67. The van der Waals surface area contributed by atoms with Gasteiger partial charge in [-0.25, -0.2) is 4.79 Å². The molecule has 0 aromatic heterocycles. The van der Waals surface area contributed by atoms with E-state index in [1.807, 2.05) is 20.8 Å². The van der Waals surface area contributed by atoms with Crippen molar-refractivity contribution in [3.05, 3.63) is 0 Å². The molecule has 1 fully saturated rings. The minimum atomic E-state index is -0.740. The summed E-state index contributed by atoms with van der Waals surface area (Å²) in [5.41, 5.74) is -0.372. The summed E-state index contributed by atoms with van der Waals surface area (Å²) >= 11 is 0. The van der Waals surface area contributed by atoms with E-state index < -0.39 is 18.1 Å². The van der Waals surface area contributed by atoms with Crippen molar-refractivity contribution in [2.75, 3.05) is 7.11 Å². The lowest BCUT2D eigenvalue weighted by atomic mass is 10.1. The summed E-state index contributed by atoms with van der Waals surface area (Å²) in [7, 11) is 1.27. The van der Waals surface area contributed by atoms with E-state index >= 15 is 0 Å². The fraction of sp³-hybridized carbons (Fsp3) is 0.769. The smallest absolute Gasteiger partial charge is 0.328 e. The fourth-order valence-corrected chi connectivity index (χ4v) is 2.18. The molecule has 6 heteroatoms. The second-order valence-electron chi connectivity index (χ2n) is 5.79. The van der Waals surface area contributed by atoms with Gasteiger partial charge in [0.15, 0.2) is 0 Å². The first-order chi connectivity index (χ1) is 8.67. The molecule has 1 N–H and O–H groups in total. The van der Waals surface area contributed by atoms with Crippen LogP contribution in [0.2, 0.25) is 0 Å². The Bertz CT molecular complexity index is 387. The maximum atomic E-state index is 12.2. The third kappa shape index (κ3) is 3.68. The molecule has 0 aromatic carbocycles. The third-order valence-corrected chi connectivity index (χ3v) is 3.02. The first kappa shape index (κ1) is 15.5. The highest BCUT2D eigenvalue weighted by Gasteiger charge is 2.42. The molecule has 1 aliphatic rings. The maximum Gasteiger partial charge on any atom is 0.328 e. The van der Waals surface area contributed by atoms with Crippen LogP contribution in [0.1, 0.15) is 40.5 Å². The van der Waals surface area contributed by atoms with Crippen molar-refractivity contribution < 1.29 is 19.1 Å². The molecule has 1 rings (SSSR count). The fourth-order valence-electron chi connectivity index (χ4n) is 2.18. The van der Waals surface area contributed by atoms with E-state index in [1.165, 1.54) is 12.0 Å². The maximum absolute atomic E-state index is 12.2. The number of likely N-dealkylation sites (tertiary alicyclic amines) is 1. The van der Waals surface area contributed by atoms with Crippen molar-refractivity contribution in [2.24, 2.45) is 0 Å². The second kappa shape index (κ2) is 5.59. The number of carbonyl (C=O) groups is 3. The van der Waals surface area contributed by atoms with E-state index in [9.17, 15) is 14.4 Å². The van der Waals surface area contributed by atoms with Crippen molar-refractivity contribution in [2.45, 2.75) is 58.2 Å². The first-order valence-electron chi connectivity index (χ1n) is 6.38. The summed E-state index contributed by atoms with van der Waals surface area (Å²) in [5, 5.41) is 2.84. The quantitative estimate of drug-likeness (QED) is 0.756. The molecule has 0 aliphatic carbocycles. The van der Waals surface area contributed by atoms with Gasteiger partial charge in [-0.1, -0.05) is 0 Å². The van der Waals surface area contributed by atoms with E-state index in [-0.39, 0.29) is 23.8 Å². The van der Waals surface area contributed by atoms with Gasteiger partial charge in [0.2, 0.25) is 11.8 Å². The number of nitrogens with zero attached hydrogens (tertiary/aromatic N) is 1. The van der Waals surface area contributed by atoms with Gasteiger partial charge in [0, 0.05) is 12.0 Å². The predicted molar refractivity (Wildman–Crippen MR) is 69.2 cm³/mol. The highest BCUT2D eigenvalue weighted by molar-refractivity contribution is 5.94. The molecule has 2 amide bonds. The molecule has 1 aliphatic heterocycles. The number of esters is 1. The molecular formula is C13H22N2O4. The van der Waals surface area contributed by atoms with Crippen LogP contribution in [-0.4, -0.2) is 47.4 Å². The molecule has 0 unspecified atom stereocenters. The standard InChI is InChI=1S/C13H22N2O4/c1-8(12(18)19-5)15-9(6-7-10(15)16)11(17)14-13(2,3)4/h8-9H,6-7H2,1-5H3,(H,14,17)/t8-,9-/m0/s1. The number of rotatable bonds is 3. The highest BCUT2D eigenvalue weighted by Crippen LogP contribution is 2.23. The zero-order chi connectivity index (χ0) is 14.8. The van der Waals surface area contributed by atoms with Gasteiger partial charge in [-0.2, -0.15) is 0 Å². The summed E-state index contributed by atoms with van der Waals surface area (Å²) < 4.78 is 4.64. The molecule has 2 atom stereocenters. The number of methoxy groups -OCH3 is 1. The van der Waals surface area contributed by atoms with Gasteiger partial charge in [-0.15, -0.1) is 0 Å². The Kier molecular flexibility index (Phi) is 4.55. The van der Waals surface area contributed by atoms with Crippen molar-refractivity contribution in [1.82, 2.24) is 10.2 Å². The second-order valence-corrected chi connectivity index (χ2v) is 5.79. The molecule has 0 saturated carbocycles. The number of carbonyl (C=O) groups excluding carboxylic acids is 3. The van der Waals surface area contributed by atoms with E-state index in [4.69, 9.17) is 0 Å². The van der Waals surface area contributed by atoms with Crippen molar-refractivity contribution >= 4 is 17.8 Å². The van der Waals surface area contributed by atoms with Gasteiger partial charge in [0.05, 0.1) is 7.11 Å². The summed E-state index contributed by atoms with van der Waals surface area (Å²) in [6.07, 6.45) is 0.714. The minimum absolute atomic E-state index is 0.188. The van der Waals surface area contributed by atoms with Crippen molar-refractivity contribution in [3.63, 3.8) is 0 Å². The predicted octanol–water partition coefficient (Wildman–Crippen LogP) is 0.454. The molecule has 1 saturated heterocycles. The van der Waals surface area contributed by atoms with Crippen molar-refractivity contribution in [1.29, 1.82) is 0 Å². The lowest BCUT2D eigenvalue weighted by Crippen LogP contribution is -2.54. The Morgan fingerprint density at radius 1 is 1.42 bits per heavy atom. The average molecular weight is 270 g/mol. The molecule has 0 bridgehead atoms. The van der Waals surface area contributed by atoms with Gasteiger partial charge in [-0.3, -0.25) is 9.59 Å². The molecule has 6 nitrogen and oxygen atoms in total. The highest BCUT2D eigenvalue weighted by atomic mass is 16.5. The number of ether oxygens (including phenoxy) is 1. The number of hydrogen-bond acceptors (Lipinski definition) is 4. The summed E-state index contributed by atoms with van der Waals surface area (Å²) in [6.45, 7) is 7.19. The molecule has 0 radical (unpaired) electrons. The third-order valence-electron chi connectivity index (χ3n) is 3.02. The molecule has 108 valence electrons. The van der Waals surface area contributed by atoms with Gasteiger partial charge in [0.1, 0.15) is 12.1 Å². The summed E-state index contributed by atoms with van der Waals surface area (Å²) in [5.74, 6) is -0.926. The lowest BCUT2D eigenvalue weighted by molar-refractivity contribution is -0.153. The van der Waals surface area contributed by atoms with Crippen LogP contribution in [0.4, 0.5) is 0 Å². The van der Waals surface area contributed by atoms with Gasteiger partial charge in [0.25, 0.3) is 0 Å². The van der Waals surface area contributed by atoms with Gasteiger partial charge in [-0.05, 0) is 34.1 Å². The van der Waals surface area contributed by atoms with Crippen LogP contribution in [0.25, 0.3) is 0 Å². The van der Waals surface area contributed by atoms with Crippen molar-refractivity contribution in [3.8, 4) is 0 Å². The normalized spacial score (nSPS) is 21.2. The summed E-state index contributed by atoms with van der Waals surface area (Å²) in [6, 6.07) is -1.34. The van der Waals surface area contributed by atoms with Crippen LogP contribution in [0.15, 0.2) is 0 Å². The van der Waals surface area contributed by atoms with Gasteiger partial charge < -0.3 is 15.0 Å². The lowest BCUT2D eigenvalue weighted by Gasteiger charge is -2.31. The molecule has 0 spiro atoms. The number of nitrogens with one attached hydrogen (secondary N) is 1. The van der Waals surface area contributed by atoms with E-state index in [0.29, 0.717) is 6.42 Å². The van der Waals surface area contributed by atoms with Crippen LogP contribution in [0.3, 0.4) is 0 Å². The zero-order valence-corrected chi connectivity index (χ0v) is 12.1. The van der Waals surface area contributed by atoms with Crippen LogP contribution >= 0.6 is 0 Å². The van der Waals surface area contributed by atoms with Crippen LogP contribution < -0.4 is 5.32 Å². The molecular weight excluding hydrogens is 248 g/mol. The number of hydrogen-bond donors (Lipinski definition) is 1. The van der Waals surface area contributed by atoms with Gasteiger partial charge >= 0.3 is 5.97 Å². The van der Waals surface area contributed by atoms with Crippen LogP contribution in [0, 0.1) is 0 Å². The Labute approximate surface area is 113 Å². The Balaban J connectivity index is 2.85. The largest absolute Gasteiger partial charge is 0.467 e. The topological polar surface area (TPSA) is 75.7 Å². The zero-order valence-electron chi connectivity index (χ0n) is 12.1. The number of amides is 2. The summed E-state index contributed by atoms with van der Waals surface area (Å²) in [4.78, 5) is 36.9.